The number of esters is 2. The van der Waals surface area contributed by atoms with Gasteiger partial charge in [0.05, 0.1) is 33.0 Å². The minimum absolute atomic E-state index is 0.0720. The van der Waals surface area contributed by atoms with Gasteiger partial charge in [-0.3, -0.25) is 4.79 Å². The van der Waals surface area contributed by atoms with Crippen LogP contribution in [0.4, 0.5) is 0 Å². The Kier molecular flexibility index (Phi) is 11.1. The van der Waals surface area contributed by atoms with E-state index in [1.54, 1.807) is 6.92 Å². The molecule has 1 aliphatic rings. The molecule has 170 valence electrons. The summed E-state index contributed by atoms with van der Waals surface area (Å²) in [6.07, 6.45) is -1.18. The van der Waals surface area contributed by atoms with Crippen LogP contribution in [0.3, 0.4) is 0 Å². The highest BCUT2D eigenvalue weighted by Gasteiger charge is 2.53. The second-order valence-electron chi connectivity index (χ2n) is 7.57. The van der Waals surface area contributed by atoms with Gasteiger partial charge in [0.15, 0.2) is 0 Å². The van der Waals surface area contributed by atoms with Crippen molar-refractivity contribution in [2.24, 2.45) is 11.8 Å². The van der Waals surface area contributed by atoms with Crippen molar-refractivity contribution in [1.82, 2.24) is 0 Å². The van der Waals surface area contributed by atoms with Crippen molar-refractivity contribution in [3.63, 3.8) is 0 Å². The van der Waals surface area contributed by atoms with Crippen LogP contribution in [0.5, 0.6) is 0 Å². The lowest BCUT2D eigenvalue weighted by Crippen LogP contribution is -2.59. The van der Waals surface area contributed by atoms with E-state index in [0.29, 0.717) is 32.3 Å². The molecule has 9 nitrogen and oxygen atoms in total. The Labute approximate surface area is 172 Å². The summed E-state index contributed by atoms with van der Waals surface area (Å²) in [5.41, 5.74) is 0. The first-order chi connectivity index (χ1) is 13.7. The minimum Gasteiger partial charge on any atom is -0.466 e. The summed E-state index contributed by atoms with van der Waals surface area (Å²) in [5.74, 6) is -2.90. The molecule has 1 aliphatic heterocycles. The van der Waals surface area contributed by atoms with Gasteiger partial charge in [-0.25, -0.2) is 4.79 Å². The number of hydrogen-bond donors (Lipinski definition) is 3. The summed E-state index contributed by atoms with van der Waals surface area (Å²) < 4.78 is 21.5. The molecular formula is C20H36O9. The molecule has 0 aliphatic carbocycles. The predicted molar refractivity (Wildman–Crippen MR) is 103 cm³/mol. The quantitative estimate of drug-likeness (QED) is 0.309. The second kappa shape index (κ2) is 12.4. The maximum absolute atomic E-state index is 12.5. The van der Waals surface area contributed by atoms with Gasteiger partial charge in [0.25, 0.3) is 5.79 Å². The standard InChI is InChI=1S/C20H36O9/c1-5-27-16(23)9-7-6-8-10-28-20(19(25)26-4)11-13(2)14(3)18(29-20)17(24)15(22)12-21/h13-15,17-18,21-22,24H,5-12H2,1-4H3/t13-,14-,15-,17-,18?,20-/m1/s1. The first-order valence-corrected chi connectivity index (χ1v) is 10.2. The molecule has 6 atom stereocenters. The van der Waals surface area contributed by atoms with Gasteiger partial charge in [-0.15, -0.1) is 0 Å². The Balaban J connectivity index is 2.73. The second-order valence-corrected chi connectivity index (χ2v) is 7.57. The average Bonchev–Trinajstić information content (AvgIpc) is 2.71. The maximum Gasteiger partial charge on any atom is 0.366 e. The monoisotopic (exact) mass is 420 g/mol. The molecule has 1 unspecified atom stereocenters. The highest BCUT2D eigenvalue weighted by Crippen LogP contribution is 2.40. The van der Waals surface area contributed by atoms with Crippen LogP contribution in [0.1, 0.15) is 52.9 Å². The molecule has 1 fully saturated rings. The van der Waals surface area contributed by atoms with Crippen molar-refractivity contribution in [1.29, 1.82) is 0 Å². The first kappa shape index (κ1) is 25.8. The zero-order valence-electron chi connectivity index (χ0n) is 17.8. The number of hydrogen-bond acceptors (Lipinski definition) is 9. The van der Waals surface area contributed by atoms with E-state index in [2.05, 4.69) is 0 Å². The van der Waals surface area contributed by atoms with E-state index >= 15 is 0 Å². The van der Waals surface area contributed by atoms with Crippen LogP contribution in [0.2, 0.25) is 0 Å². The third kappa shape index (κ3) is 7.18. The predicted octanol–water partition coefficient (Wildman–Crippen LogP) is 0.771. The molecule has 0 radical (unpaired) electrons. The van der Waals surface area contributed by atoms with Crippen molar-refractivity contribution in [3.8, 4) is 0 Å². The van der Waals surface area contributed by atoms with E-state index in [4.69, 9.17) is 24.1 Å². The van der Waals surface area contributed by atoms with Gasteiger partial charge in [-0.2, -0.15) is 0 Å². The molecule has 0 aromatic carbocycles. The Morgan fingerprint density at radius 1 is 1.21 bits per heavy atom. The van der Waals surface area contributed by atoms with E-state index in [-0.39, 0.29) is 30.8 Å². The van der Waals surface area contributed by atoms with Crippen molar-refractivity contribution >= 4 is 11.9 Å². The van der Waals surface area contributed by atoms with Crippen molar-refractivity contribution in [2.75, 3.05) is 26.9 Å². The van der Waals surface area contributed by atoms with Gasteiger partial charge in [0, 0.05) is 12.8 Å². The molecule has 0 bridgehead atoms. The van der Waals surface area contributed by atoms with Gasteiger partial charge in [0.1, 0.15) is 12.2 Å². The lowest BCUT2D eigenvalue weighted by atomic mass is 9.79. The number of methoxy groups -OCH3 is 1. The zero-order valence-corrected chi connectivity index (χ0v) is 17.8. The van der Waals surface area contributed by atoms with E-state index < -0.39 is 36.7 Å². The maximum atomic E-state index is 12.5. The van der Waals surface area contributed by atoms with Crippen molar-refractivity contribution in [2.45, 2.75) is 77.0 Å². The van der Waals surface area contributed by atoms with E-state index in [1.165, 1.54) is 7.11 Å². The van der Waals surface area contributed by atoms with E-state index in [9.17, 15) is 19.8 Å². The summed E-state index contributed by atoms with van der Waals surface area (Å²) in [4.78, 5) is 23.9. The van der Waals surface area contributed by atoms with Gasteiger partial charge in [-0.05, 0) is 31.6 Å². The Morgan fingerprint density at radius 3 is 2.48 bits per heavy atom. The molecule has 29 heavy (non-hydrogen) atoms. The third-order valence-electron chi connectivity index (χ3n) is 5.41. The van der Waals surface area contributed by atoms with Crippen LogP contribution in [0.25, 0.3) is 0 Å². The highest BCUT2D eigenvalue weighted by molar-refractivity contribution is 5.78. The smallest absolute Gasteiger partial charge is 0.366 e. The lowest BCUT2D eigenvalue weighted by molar-refractivity contribution is -0.312. The topological polar surface area (TPSA) is 132 Å². The van der Waals surface area contributed by atoms with Gasteiger partial charge < -0.3 is 34.3 Å². The van der Waals surface area contributed by atoms with Crippen LogP contribution in [0, 0.1) is 11.8 Å². The number of unbranched alkanes of at least 4 members (excludes halogenated alkanes) is 2. The minimum atomic E-state index is -1.69. The van der Waals surface area contributed by atoms with Crippen molar-refractivity contribution in [3.05, 3.63) is 0 Å². The fourth-order valence-electron chi connectivity index (χ4n) is 3.47. The zero-order chi connectivity index (χ0) is 22.0. The number of rotatable bonds is 12. The van der Waals surface area contributed by atoms with Crippen LogP contribution >= 0.6 is 0 Å². The van der Waals surface area contributed by atoms with Crippen LogP contribution in [-0.4, -0.2) is 78.3 Å². The number of ether oxygens (including phenoxy) is 4. The molecule has 0 aromatic rings. The molecule has 0 saturated carbocycles. The molecular weight excluding hydrogens is 384 g/mol. The van der Waals surface area contributed by atoms with Crippen LogP contribution in [-0.2, 0) is 28.5 Å². The summed E-state index contributed by atoms with van der Waals surface area (Å²) in [7, 11) is 1.23. The molecule has 3 N–H and O–H groups in total. The number of aliphatic hydroxyl groups excluding tert-OH is 3. The normalized spacial score (nSPS) is 29.1. The summed E-state index contributed by atoms with van der Waals surface area (Å²) in [5, 5.41) is 29.3. The van der Waals surface area contributed by atoms with Gasteiger partial charge in [0.2, 0.25) is 0 Å². The average molecular weight is 420 g/mol. The Bertz CT molecular complexity index is 512. The molecule has 1 heterocycles. The molecule has 0 aromatic heterocycles. The number of aliphatic hydroxyl groups is 3. The Hall–Kier alpha value is -1.26. The number of carbonyl (C=O) groups is 2. The van der Waals surface area contributed by atoms with Gasteiger partial charge in [-0.1, -0.05) is 20.3 Å². The lowest BCUT2D eigenvalue weighted by Gasteiger charge is -2.46. The fraction of sp³-hybridized carbons (Fsp3) is 0.900. The number of carbonyl (C=O) groups excluding carboxylic acids is 2. The van der Waals surface area contributed by atoms with E-state index in [0.717, 1.165) is 0 Å². The summed E-state index contributed by atoms with van der Waals surface area (Å²) in [6, 6.07) is 0. The van der Waals surface area contributed by atoms with E-state index in [1.807, 2.05) is 13.8 Å². The van der Waals surface area contributed by atoms with Gasteiger partial charge >= 0.3 is 11.9 Å². The molecule has 1 rings (SSSR count). The molecule has 0 spiro atoms. The summed E-state index contributed by atoms with van der Waals surface area (Å²) >= 11 is 0. The SMILES string of the molecule is CCOC(=O)CCCCCO[C@]1(C(=O)OC)C[C@@H](C)[C@@H](C)C([C@H](O)[C@H](O)CO)O1. The first-order valence-electron chi connectivity index (χ1n) is 10.2. The highest BCUT2D eigenvalue weighted by atomic mass is 16.7. The van der Waals surface area contributed by atoms with Crippen LogP contribution < -0.4 is 0 Å². The van der Waals surface area contributed by atoms with Crippen LogP contribution in [0.15, 0.2) is 0 Å². The largest absolute Gasteiger partial charge is 0.466 e. The Morgan fingerprint density at radius 2 is 1.90 bits per heavy atom. The third-order valence-corrected chi connectivity index (χ3v) is 5.41. The molecule has 0 amide bonds. The molecule has 9 heteroatoms. The molecule has 1 saturated heterocycles. The fourth-order valence-corrected chi connectivity index (χ4v) is 3.47. The summed E-state index contributed by atoms with van der Waals surface area (Å²) in [6.45, 7) is 5.43. The van der Waals surface area contributed by atoms with Crippen molar-refractivity contribution < 1.29 is 43.9 Å².